The third kappa shape index (κ3) is 2.72. The molecule has 5 nitrogen and oxygen atoms in total. The number of aryl methyl sites for hydroxylation is 1. The fraction of sp³-hybridized carbons (Fsp3) is 0.583. The van der Waals surface area contributed by atoms with Gasteiger partial charge in [0.2, 0.25) is 0 Å². The Labute approximate surface area is 101 Å². The van der Waals surface area contributed by atoms with E-state index >= 15 is 0 Å². The van der Waals surface area contributed by atoms with Crippen molar-refractivity contribution in [2.45, 2.75) is 40.2 Å². The summed E-state index contributed by atoms with van der Waals surface area (Å²) >= 11 is 0. The van der Waals surface area contributed by atoms with Crippen LogP contribution in [0.4, 0.5) is 5.82 Å². The summed E-state index contributed by atoms with van der Waals surface area (Å²) in [6.45, 7) is 8.94. The normalized spacial score (nSPS) is 12.3. The van der Waals surface area contributed by atoms with Crippen LogP contribution in [0.15, 0.2) is 12.4 Å². The quantitative estimate of drug-likeness (QED) is 0.838. The minimum atomic E-state index is -0.911. The maximum atomic E-state index is 11.3. The summed E-state index contributed by atoms with van der Waals surface area (Å²) in [7, 11) is 0. The zero-order valence-corrected chi connectivity index (χ0v) is 10.9. The zero-order valence-electron chi connectivity index (χ0n) is 10.9. The van der Waals surface area contributed by atoms with Crippen molar-refractivity contribution in [3.8, 4) is 0 Å². The monoisotopic (exact) mass is 237 g/mol. The van der Waals surface area contributed by atoms with Crippen LogP contribution < -0.4 is 5.32 Å². The summed E-state index contributed by atoms with van der Waals surface area (Å²) in [6.07, 6.45) is 1.46. The van der Waals surface area contributed by atoms with Gasteiger partial charge in [-0.05, 0) is 34.6 Å². The average Bonchev–Trinajstić information content (AvgIpc) is 2.16. The van der Waals surface area contributed by atoms with Crippen LogP contribution in [0, 0.1) is 12.3 Å². The topological polar surface area (TPSA) is 75.1 Å². The van der Waals surface area contributed by atoms with E-state index in [9.17, 15) is 9.90 Å². The van der Waals surface area contributed by atoms with Gasteiger partial charge in [0.15, 0.2) is 0 Å². The van der Waals surface area contributed by atoms with E-state index in [1.54, 1.807) is 19.9 Å². The average molecular weight is 237 g/mol. The molecular weight excluding hydrogens is 218 g/mol. The summed E-state index contributed by atoms with van der Waals surface area (Å²) < 4.78 is 0. The second kappa shape index (κ2) is 4.31. The summed E-state index contributed by atoms with van der Waals surface area (Å²) in [5, 5.41) is 12.4. The molecular formula is C12H19N3O2. The van der Waals surface area contributed by atoms with Crippen molar-refractivity contribution in [2.75, 3.05) is 5.32 Å². The predicted octanol–water partition coefficient (Wildman–Crippen LogP) is 2.09. The highest BCUT2D eigenvalue weighted by Gasteiger charge is 2.43. The van der Waals surface area contributed by atoms with Crippen LogP contribution in [0.2, 0.25) is 0 Å². The van der Waals surface area contributed by atoms with Crippen LogP contribution in [-0.2, 0) is 4.79 Å². The van der Waals surface area contributed by atoms with Gasteiger partial charge in [-0.25, -0.2) is 9.97 Å². The largest absolute Gasteiger partial charge is 0.481 e. The van der Waals surface area contributed by atoms with Gasteiger partial charge in [0, 0.05) is 17.3 Å². The molecule has 0 aliphatic heterocycles. The third-order valence-corrected chi connectivity index (χ3v) is 3.34. The maximum Gasteiger partial charge on any atom is 0.311 e. The lowest BCUT2D eigenvalue weighted by atomic mass is 9.74. The van der Waals surface area contributed by atoms with Crippen LogP contribution in [0.1, 0.15) is 33.4 Å². The lowest BCUT2D eigenvalue weighted by Crippen LogP contribution is -2.50. The predicted molar refractivity (Wildman–Crippen MR) is 65.9 cm³/mol. The molecule has 1 aromatic rings. The van der Waals surface area contributed by atoms with E-state index in [-0.39, 0.29) is 0 Å². The zero-order chi connectivity index (χ0) is 13.3. The van der Waals surface area contributed by atoms with Crippen molar-refractivity contribution in [3.05, 3.63) is 18.1 Å². The molecule has 0 amide bonds. The second-order valence-corrected chi connectivity index (χ2v) is 5.22. The number of carboxylic acids is 1. The molecule has 0 saturated carbocycles. The first kappa shape index (κ1) is 13.4. The number of nitrogens with one attached hydrogen (secondary N) is 1. The molecule has 0 atom stereocenters. The lowest BCUT2D eigenvalue weighted by Gasteiger charge is -2.39. The minimum absolute atomic E-state index is 0.625. The molecule has 1 aromatic heterocycles. The van der Waals surface area contributed by atoms with E-state index in [1.165, 1.54) is 6.33 Å². The smallest absolute Gasteiger partial charge is 0.311 e. The fourth-order valence-corrected chi connectivity index (χ4v) is 1.27. The Morgan fingerprint density at radius 3 is 2.35 bits per heavy atom. The van der Waals surface area contributed by atoms with Gasteiger partial charge in [0.25, 0.3) is 0 Å². The lowest BCUT2D eigenvalue weighted by molar-refractivity contribution is -0.149. The van der Waals surface area contributed by atoms with E-state index in [4.69, 9.17) is 0 Å². The van der Waals surface area contributed by atoms with E-state index in [2.05, 4.69) is 15.3 Å². The molecule has 0 fully saturated rings. The highest BCUT2D eigenvalue weighted by atomic mass is 16.4. The number of anilines is 1. The molecule has 0 aromatic carbocycles. The Bertz CT molecular complexity index is 428. The number of hydrogen-bond donors (Lipinski definition) is 2. The van der Waals surface area contributed by atoms with E-state index in [0.29, 0.717) is 5.82 Å². The first-order valence-electron chi connectivity index (χ1n) is 5.47. The molecule has 1 heterocycles. The molecule has 5 heteroatoms. The van der Waals surface area contributed by atoms with E-state index < -0.39 is 16.9 Å². The van der Waals surface area contributed by atoms with Gasteiger partial charge in [-0.1, -0.05) is 0 Å². The van der Waals surface area contributed by atoms with Gasteiger partial charge < -0.3 is 10.4 Å². The van der Waals surface area contributed by atoms with E-state index in [1.807, 2.05) is 20.8 Å². The Hall–Kier alpha value is -1.65. The van der Waals surface area contributed by atoms with Crippen molar-refractivity contribution in [3.63, 3.8) is 0 Å². The van der Waals surface area contributed by atoms with Crippen LogP contribution in [0.3, 0.4) is 0 Å². The van der Waals surface area contributed by atoms with Gasteiger partial charge in [0.05, 0.1) is 5.41 Å². The fourth-order valence-electron chi connectivity index (χ4n) is 1.27. The molecule has 0 saturated heterocycles. The van der Waals surface area contributed by atoms with Crippen molar-refractivity contribution >= 4 is 11.8 Å². The number of rotatable bonds is 4. The molecule has 0 aliphatic carbocycles. The summed E-state index contributed by atoms with van der Waals surface area (Å²) in [4.78, 5) is 19.3. The number of nitrogens with zero attached hydrogens (tertiary/aromatic N) is 2. The van der Waals surface area contributed by atoms with Gasteiger partial charge in [-0.15, -0.1) is 0 Å². The van der Waals surface area contributed by atoms with Gasteiger partial charge in [0.1, 0.15) is 12.1 Å². The molecule has 0 aliphatic rings. The SMILES string of the molecule is Cc1cc(NC(C)(C)C(C)(C)C(=O)O)ncn1. The minimum Gasteiger partial charge on any atom is -0.481 e. The molecule has 0 spiro atoms. The Kier molecular flexibility index (Phi) is 3.40. The Morgan fingerprint density at radius 1 is 1.29 bits per heavy atom. The Balaban J connectivity index is 2.97. The third-order valence-electron chi connectivity index (χ3n) is 3.34. The number of carbonyl (C=O) groups is 1. The van der Waals surface area contributed by atoms with Crippen LogP contribution in [0.5, 0.6) is 0 Å². The number of aromatic nitrogens is 2. The molecule has 1 rings (SSSR count). The highest BCUT2D eigenvalue weighted by molar-refractivity contribution is 5.76. The van der Waals surface area contributed by atoms with Crippen molar-refractivity contribution < 1.29 is 9.90 Å². The molecule has 2 N–H and O–H groups in total. The first-order chi connectivity index (χ1) is 7.67. The van der Waals surface area contributed by atoms with E-state index in [0.717, 1.165) is 5.69 Å². The van der Waals surface area contributed by atoms with Crippen LogP contribution >= 0.6 is 0 Å². The van der Waals surface area contributed by atoms with Crippen molar-refractivity contribution in [1.82, 2.24) is 9.97 Å². The van der Waals surface area contributed by atoms with Crippen LogP contribution in [-0.4, -0.2) is 26.6 Å². The second-order valence-electron chi connectivity index (χ2n) is 5.22. The Morgan fingerprint density at radius 2 is 1.88 bits per heavy atom. The number of hydrogen-bond acceptors (Lipinski definition) is 4. The number of aliphatic carboxylic acids is 1. The van der Waals surface area contributed by atoms with Gasteiger partial charge in [-0.3, -0.25) is 4.79 Å². The molecule has 17 heavy (non-hydrogen) atoms. The summed E-state index contributed by atoms with van der Waals surface area (Å²) in [6, 6.07) is 1.79. The van der Waals surface area contributed by atoms with Crippen molar-refractivity contribution in [1.29, 1.82) is 0 Å². The summed E-state index contributed by atoms with van der Waals surface area (Å²) in [5.41, 5.74) is -0.697. The summed E-state index contributed by atoms with van der Waals surface area (Å²) in [5.74, 6) is -0.211. The van der Waals surface area contributed by atoms with Gasteiger partial charge >= 0.3 is 5.97 Å². The standard InChI is InChI=1S/C12H19N3O2/c1-8-6-9(14-7-13-8)15-12(4,5)11(2,3)10(16)17/h6-7H,1-5H3,(H,16,17)(H,13,14,15). The maximum absolute atomic E-state index is 11.3. The van der Waals surface area contributed by atoms with Gasteiger partial charge in [-0.2, -0.15) is 0 Å². The first-order valence-corrected chi connectivity index (χ1v) is 5.47. The molecule has 0 bridgehead atoms. The van der Waals surface area contributed by atoms with Crippen LogP contribution in [0.25, 0.3) is 0 Å². The molecule has 0 unspecified atom stereocenters. The number of carboxylic acid groups (broad SMARTS) is 1. The highest BCUT2D eigenvalue weighted by Crippen LogP contribution is 2.33. The molecule has 0 radical (unpaired) electrons. The molecule has 94 valence electrons. The van der Waals surface area contributed by atoms with Crippen molar-refractivity contribution in [2.24, 2.45) is 5.41 Å².